The molecule has 0 nitrogen and oxygen atoms in total. The van der Waals surface area contributed by atoms with Crippen LogP contribution in [0.1, 0.15) is 27.8 Å². The Balaban J connectivity index is 1.80. The van der Waals surface area contributed by atoms with Crippen LogP contribution in [0.4, 0.5) is 0 Å². The maximum Gasteiger partial charge on any atom is -0.00204 e. The van der Waals surface area contributed by atoms with Gasteiger partial charge >= 0.3 is 0 Å². The van der Waals surface area contributed by atoms with Gasteiger partial charge in [0.25, 0.3) is 0 Å². The predicted octanol–water partition coefficient (Wildman–Crippen LogP) is 5.37. The highest BCUT2D eigenvalue weighted by Gasteiger charge is 2.07. The van der Waals surface area contributed by atoms with Gasteiger partial charge in [0.2, 0.25) is 0 Å². The van der Waals surface area contributed by atoms with Crippen LogP contribution in [0, 0.1) is 6.92 Å². The summed E-state index contributed by atoms with van der Waals surface area (Å²) in [6, 6.07) is 28.2. The summed E-state index contributed by atoms with van der Waals surface area (Å²) in [4.78, 5) is 0. The van der Waals surface area contributed by atoms with Crippen LogP contribution in [-0.4, -0.2) is 0 Å². The average Bonchev–Trinajstić information content (AvgIpc) is 2.57. The minimum absolute atomic E-state index is 1.03. The first-order chi connectivity index (χ1) is 10.8. The Morgan fingerprint density at radius 3 is 1.91 bits per heavy atom. The summed E-state index contributed by atoms with van der Waals surface area (Å²) in [5, 5.41) is 0. The third-order valence-electron chi connectivity index (χ3n) is 4.26. The number of hydrogen-bond donors (Lipinski definition) is 0. The van der Waals surface area contributed by atoms with Gasteiger partial charge in [0.05, 0.1) is 0 Å². The van der Waals surface area contributed by atoms with E-state index in [9.17, 15) is 0 Å². The second-order valence-electron chi connectivity index (χ2n) is 5.86. The topological polar surface area (TPSA) is 0 Å². The van der Waals surface area contributed by atoms with Crippen LogP contribution in [0.25, 0.3) is 0 Å². The number of aryl methyl sites for hydroxylation is 3. The van der Waals surface area contributed by atoms with Crippen LogP contribution >= 0.6 is 0 Å². The van der Waals surface area contributed by atoms with E-state index in [2.05, 4.69) is 85.8 Å². The molecule has 0 saturated heterocycles. The van der Waals surface area contributed by atoms with Crippen molar-refractivity contribution in [1.29, 1.82) is 0 Å². The van der Waals surface area contributed by atoms with Crippen molar-refractivity contribution in [3.05, 3.63) is 107 Å². The molecule has 0 aliphatic carbocycles. The van der Waals surface area contributed by atoms with E-state index in [0.29, 0.717) is 0 Å². The second-order valence-corrected chi connectivity index (χ2v) is 5.86. The molecular weight excluding hydrogens is 264 g/mol. The molecule has 0 aliphatic rings. The van der Waals surface area contributed by atoms with Gasteiger partial charge in [-0.05, 0) is 54.0 Å². The van der Waals surface area contributed by atoms with Crippen molar-refractivity contribution < 1.29 is 0 Å². The molecule has 0 amide bonds. The van der Waals surface area contributed by atoms with Gasteiger partial charge < -0.3 is 0 Å². The Hall–Kier alpha value is -2.34. The third-order valence-corrected chi connectivity index (χ3v) is 4.26. The second kappa shape index (κ2) is 7.09. The van der Waals surface area contributed by atoms with Gasteiger partial charge in [0.1, 0.15) is 0 Å². The lowest BCUT2D eigenvalue weighted by Gasteiger charge is -2.13. The van der Waals surface area contributed by atoms with Crippen molar-refractivity contribution in [3.8, 4) is 0 Å². The van der Waals surface area contributed by atoms with E-state index < -0.39 is 0 Å². The molecule has 3 aromatic carbocycles. The summed E-state index contributed by atoms with van der Waals surface area (Å²) >= 11 is 0. The SMILES string of the molecule is Cc1cccc(CCc2ccccc2)c1Cc1ccccc1. The number of rotatable bonds is 5. The monoisotopic (exact) mass is 286 g/mol. The number of benzene rings is 3. The van der Waals surface area contributed by atoms with E-state index in [0.717, 1.165) is 19.3 Å². The van der Waals surface area contributed by atoms with E-state index in [1.54, 1.807) is 0 Å². The molecule has 0 heteroatoms. The molecule has 0 fully saturated rings. The van der Waals surface area contributed by atoms with Crippen LogP contribution in [0.15, 0.2) is 78.9 Å². The van der Waals surface area contributed by atoms with E-state index in [4.69, 9.17) is 0 Å². The fourth-order valence-corrected chi connectivity index (χ4v) is 2.97. The average molecular weight is 286 g/mol. The molecular formula is C22H22. The Labute approximate surface area is 133 Å². The van der Waals surface area contributed by atoms with E-state index >= 15 is 0 Å². The van der Waals surface area contributed by atoms with Crippen LogP contribution in [0.2, 0.25) is 0 Å². The van der Waals surface area contributed by atoms with Crippen LogP contribution in [0.3, 0.4) is 0 Å². The van der Waals surface area contributed by atoms with Gasteiger partial charge in [0.15, 0.2) is 0 Å². The third kappa shape index (κ3) is 3.65. The van der Waals surface area contributed by atoms with Crippen LogP contribution in [0.5, 0.6) is 0 Å². The maximum atomic E-state index is 2.29. The fraction of sp³-hybridized carbons (Fsp3) is 0.182. The van der Waals surface area contributed by atoms with Gasteiger partial charge in [-0.2, -0.15) is 0 Å². The molecule has 0 bridgehead atoms. The molecule has 0 atom stereocenters. The van der Waals surface area contributed by atoms with E-state index in [1.807, 2.05) is 0 Å². The molecule has 0 aliphatic heterocycles. The summed E-state index contributed by atoms with van der Waals surface area (Å²) in [5.74, 6) is 0. The molecule has 0 unspecified atom stereocenters. The molecule has 0 heterocycles. The van der Waals surface area contributed by atoms with Gasteiger partial charge in [-0.25, -0.2) is 0 Å². The lowest BCUT2D eigenvalue weighted by Crippen LogP contribution is -2.01. The zero-order valence-corrected chi connectivity index (χ0v) is 13.1. The quantitative estimate of drug-likeness (QED) is 0.591. The Kier molecular flexibility index (Phi) is 4.70. The smallest absolute Gasteiger partial charge is 0.00204 e. The lowest BCUT2D eigenvalue weighted by atomic mass is 9.92. The summed E-state index contributed by atoms with van der Waals surface area (Å²) in [5.41, 5.74) is 7.17. The van der Waals surface area contributed by atoms with Crippen LogP contribution in [-0.2, 0) is 19.3 Å². The molecule has 110 valence electrons. The summed E-state index contributed by atoms with van der Waals surface area (Å²) < 4.78 is 0. The lowest BCUT2D eigenvalue weighted by molar-refractivity contribution is 0.932. The van der Waals surface area contributed by atoms with Crippen molar-refractivity contribution in [2.24, 2.45) is 0 Å². The molecule has 0 aromatic heterocycles. The Morgan fingerprint density at radius 1 is 0.591 bits per heavy atom. The first-order valence-corrected chi connectivity index (χ1v) is 7.98. The molecule has 3 aromatic rings. The largest absolute Gasteiger partial charge is 0.0622 e. The van der Waals surface area contributed by atoms with Crippen molar-refractivity contribution in [2.75, 3.05) is 0 Å². The molecule has 0 N–H and O–H groups in total. The molecule has 0 saturated carbocycles. The zero-order chi connectivity index (χ0) is 15.2. The normalized spacial score (nSPS) is 10.6. The highest BCUT2D eigenvalue weighted by atomic mass is 14.1. The highest BCUT2D eigenvalue weighted by molar-refractivity contribution is 5.39. The summed E-state index contributed by atoms with van der Waals surface area (Å²) in [7, 11) is 0. The fourth-order valence-electron chi connectivity index (χ4n) is 2.97. The summed E-state index contributed by atoms with van der Waals surface area (Å²) in [6.45, 7) is 2.23. The Bertz CT molecular complexity index is 712. The predicted molar refractivity (Wildman–Crippen MR) is 94.3 cm³/mol. The summed E-state index contributed by atoms with van der Waals surface area (Å²) in [6.07, 6.45) is 3.23. The molecule has 0 radical (unpaired) electrons. The number of hydrogen-bond acceptors (Lipinski definition) is 0. The van der Waals surface area contributed by atoms with Crippen LogP contribution < -0.4 is 0 Å². The molecule has 3 rings (SSSR count). The molecule has 22 heavy (non-hydrogen) atoms. The Morgan fingerprint density at radius 2 is 1.23 bits per heavy atom. The zero-order valence-electron chi connectivity index (χ0n) is 13.1. The maximum absolute atomic E-state index is 2.29. The van der Waals surface area contributed by atoms with Crippen molar-refractivity contribution in [3.63, 3.8) is 0 Å². The standard InChI is InChI=1S/C22H22/c1-18-9-8-14-21(16-15-19-10-4-2-5-11-19)22(18)17-20-12-6-3-7-13-20/h2-14H,15-17H2,1H3. The minimum Gasteiger partial charge on any atom is -0.0622 e. The van der Waals surface area contributed by atoms with Gasteiger partial charge in [0, 0.05) is 0 Å². The van der Waals surface area contributed by atoms with Gasteiger partial charge in [-0.3, -0.25) is 0 Å². The van der Waals surface area contributed by atoms with Crippen molar-refractivity contribution in [2.45, 2.75) is 26.2 Å². The molecule has 0 spiro atoms. The minimum atomic E-state index is 1.03. The first kappa shape index (κ1) is 14.6. The first-order valence-electron chi connectivity index (χ1n) is 7.98. The van der Waals surface area contributed by atoms with Gasteiger partial charge in [-0.15, -0.1) is 0 Å². The van der Waals surface area contributed by atoms with E-state index in [-0.39, 0.29) is 0 Å². The highest BCUT2D eigenvalue weighted by Crippen LogP contribution is 2.20. The van der Waals surface area contributed by atoms with E-state index in [1.165, 1.54) is 27.8 Å². The van der Waals surface area contributed by atoms with Crippen molar-refractivity contribution >= 4 is 0 Å². The van der Waals surface area contributed by atoms with Gasteiger partial charge in [-0.1, -0.05) is 78.9 Å². The van der Waals surface area contributed by atoms with Crippen molar-refractivity contribution in [1.82, 2.24) is 0 Å².